The topological polar surface area (TPSA) is 75.7 Å². The molecule has 0 bridgehead atoms. The van der Waals surface area contributed by atoms with E-state index < -0.39 is 17.8 Å². The number of para-hydroxylation sites is 1. The fourth-order valence-corrected chi connectivity index (χ4v) is 2.47. The van der Waals surface area contributed by atoms with Crippen molar-refractivity contribution >= 4 is 17.8 Å². The van der Waals surface area contributed by atoms with Gasteiger partial charge in [-0.2, -0.15) is 0 Å². The molecule has 0 saturated carbocycles. The second-order valence-corrected chi connectivity index (χ2v) is 4.48. The number of barbiturate groups is 1. The summed E-state index contributed by atoms with van der Waals surface area (Å²) in [5, 5.41) is 2.17. The first-order valence-corrected chi connectivity index (χ1v) is 6.04. The first kappa shape index (κ1) is 11.7. The van der Waals surface area contributed by atoms with Gasteiger partial charge in [0.1, 0.15) is 12.2 Å². The van der Waals surface area contributed by atoms with E-state index in [9.17, 15) is 14.4 Å². The number of amides is 4. The van der Waals surface area contributed by atoms with Crippen LogP contribution in [0.15, 0.2) is 24.3 Å². The van der Waals surface area contributed by atoms with Gasteiger partial charge in [-0.1, -0.05) is 18.2 Å². The van der Waals surface area contributed by atoms with E-state index in [2.05, 4.69) is 5.32 Å². The third kappa shape index (κ3) is 1.95. The molecule has 3 rings (SSSR count). The number of hydrogen-bond donors (Lipinski definition) is 1. The number of ether oxygens (including phenoxy) is 1. The number of nitrogens with zero attached hydrogens (tertiary/aromatic N) is 1. The smallest absolute Gasteiger partial charge is 0.331 e. The predicted octanol–water partition coefficient (Wildman–Crippen LogP) is 0.979. The van der Waals surface area contributed by atoms with Crippen LogP contribution in [0.3, 0.4) is 0 Å². The van der Waals surface area contributed by atoms with Crippen LogP contribution in [0.2, 0.25) is 0 Å². The molecular formula is C13H12N2O4. The molecule has 2 aliphatic heterocycles. The summed E-state index contributed by atoms with van der Waals surface area (Å²) in [6.07, 6.45) is 0.246. The lowest BCUT2D eigenvalue weighted by Gasteiger charge is -2.35. The van der Waals surface area contributed by atoms with Crippen LogP contribution < -0.4 is 10.1 Å². The molecule has 1 N–H and O–H groups in total. The Morgan fingerprint density at radius 2 is 2.00 bits per heavy atom. The van der Waals surface area contributed by atoms with Crippen molar-refractivity contribution in [3.8, 4) is 5.75 Å². The van der Waals surface area contributed by atoms with Crippen LogP contribution in [0.25, 0.3) is 0 Å². The van der Waals surface area contributed by atoms with E-state index >= 15 is 0 Å². The molecule has 1 fully saturated rings. The molecule has 0 aromatic heterocycles. The van der Waals surface area contributed by atoms with E-state index in [1.54, 1.807) is 6.07 Å². The van der Waals surface area contributed by atoms with Crippen molar-refractivity contribution < 1.29 is 19.1 Å². The van der Waals surface area contributed by atoms with Gasteiger partial charge in [-0.05, 0) is 6.07 Å². The minimum atomic E-state index is -0.650. The van der Waals surface area contributed by atoms with Crippen LogP contribution in [0.1, 0.15) is 24.4 Å². The van der Waals surface area contributed by atoms with Crippen molar-refractivity contribution in [3.05, 3.63) is 29.8 Å². The Kier molecular flexibility index (Phi) is 2.70. The largest absolute Gasteiger partial charge is 0.493 e. The quantitative estimate of drug-likeness (QED) is 0.764. The van der Waals surface area contributed by atoms with Crippen LogP contribution in [0, 0.1) is 0 Å². The molecule has 6 heteroatoms. The second kappa shape index (κ2) is 4.38. The number of benzene rings is 1. The maximum atomic E-state index is 11.9. The van der Waals surface area contributed by atoms with Crippen molar-refractivity contribution in [2.24, 2.45) is 0 Å². The number of rotatable bonds is 1. The minimum Gasteiger partial charge on any atom is -0.493 e. The summed E-state index contributed by atoms with van der Waals surface area (Å²) in [5.74, 6) is -0.335. The molecule has 2 aliphatic rings. The van der Waals surface area contributed by atoms with Crippen molar-refractivity contribution in [1.29, 1.82) is 0 Å². The molecule has 0 spiro atoms. The SMILES string of the molecule is O=C1CC(=O)N(C2CCOc3ccccc32)C(=O)N1. The zero-order valence-electron chi connectivity index (χ0n) is 10.1. The van der Waals surface area contributed by atoms with E-state index in [0.29, 0.717) is 18.8 Å². The molecule has 98 valence electrons. The fourth-order valence-electron chi connectivity index (χ4n) is 2.47. The van der Waals surface area contributed by atoms with Gasteiger partial charge in [0, 0.05) is 12.0 Å². The monoisotopic (exact) mass is 260 g/mol. The number of carbonyl (C=O) groups excluding carboxylic acids is 3. The van der Waals surface area contributed by atoms with Gasteiger partial charge in [-0.3, -0.25) is 19.8 Å². The maximum Gasteiger partial charge on any atom is 0.331 e. The fraction of sp³-hybridized carbons (Fsp3) is 0.308. The van der Waals surface area contributed by atoms with Gasteiger partial charge >= 0.3 is 6.03 Å². The molecule has 1 atom stereocenters. The minimum absolute atomic E-state index is 0.286. The number of carbonyl (C=O) groups is 3. The lowest BCUT2D eigenvalue weighted by molar-refractivity contribution is -0.138. The van der Waals surface area contributed by atoms with Gasteiger partial charge in [-0.25, -0.2) is 4.79 Å². The first-order valence-electron chi connectivity index (χ1n) is 6.04. The molecule has 1 aromatic carbocycles. The summed E-state index contributed by atoms with van der Waals surface area (Å²) in [6, 6.07) is 6.28. The molecule has 1 aromatic rings. The van der Waals surface area contributed by atoms with E-state index in [-0.39, 0.29) is 12.5 Å². The molecule has 1 unspecified atom stereocenters. The van der Waals surface area contributed by atoms with Crippen molar-refractivity contribution in [1.82, 2.24) is 10.2 Å². The van der Waals surface area contributed by atoms with Gasteiger partial charge < -0.3 is 4.74 Å². The first-order chi connectivity index (χ1) is 9.16. The average molecular weight is 260 g/mol. The third-order valence-corrected chi connectivity index (χ3v) is 3.28. The zero-order valence-corrected chi connectivity index (χ0v) is 10.1. The highest BCUT2D eigenvalue weighted by atomic mass is 16.5. The Morgan fingerprint density at radius 1 is 1.21 bits per heavy atom. The molecule has 1 saturated heterocycles. The summed E-state index contributed by atoms with van der Waals surface area (Å²) >= 11 is 0. The number of hydrogen-bond acceptors (Lipinski definition) is 4. The maximum absolute atomic E-state index is 11.9. The molecular weight excluding hydrogens is 248 g/mol. The van der Waals surface area contributed by atoms with Crippen LogP contribution in [0.4, 0.5) is 4.79 Å². The van der Waals surface area contributed by atoms with Crippen LogP contribution in [0.5, 0.6) is 5.75 Å². The van der Waals surface area contributed by atoms with E-state index in [4.69, 9.17) is 4.74 Å². The van der Waals surface area contributed by atoms with Gasteiger partial charge in [0.25, 0.3) is 0 Å². The molecule has 6 nitrogen and oxygen atoms in total. The predicted molar refractivity (Wildman–Crippen MR) is 64.3 cm³/mol. The van der Waals surface area contributed by atoms with E-state index in [0.717, 1.165) is 10.5 Å². The lowest BCUT2D eigenvalue weighted by Crippen LogP contribution is -2.54. The van der Waals surface area contributed by atoms with Crippen molar-refractivity contribution in [3.63, 3.8) is 0 Å². The van der Waals surface area contributed by atoms with E-state index in [1.807, 2.05) is 18.2 Å². The third-order valence-electron chi connectivity index (χ3n) is 3.28. The van der Waals surface area contributed by atoms with Gasteiger partial charge in [-0.15, -0.1) is 0 Å². The van der Waals surface area contributed by atoms with Gasteiger partial charge in [0.2, 0.25) is 11.8 Å². The highest BCUT2D eigenvalue weighted by Crippen LogP contribution is 2.36. The molecule has 0 radical (unpaired) electrons. The zero-order chi connectivity index (χ0) is 13.4. The van der Waals surface area contributed by atoms with Crippen LogP contribution in [-0.4, -0.2) is 29.4 Å². The lowest BCUT2D eigenvalue weighted by atomic mass is 9.98. The van der Waals surface area contributed by atoms with E-state index in [1.165, 1.54) is 0 Å². The molecule has 2 heterocycles. The normalized spacial score (nSPS) is 22.6. The second-order valence-electron chi connectivity index (χ2n) is 4.48. The van der Waals surface area contributed by atoms with Crippen LogP contribution in [-0.2, 0) is 9.59 Å². The molecule has 4 amide bonds. The average Bonchev–Trinajstić information content (AvgIpc) is 2.38. The Balaban J connectivity index is 1.97. The number of nitrogens with one attached hydrogen (secondary N) is 1. The Labute approximate surface area is 109 Å². The van der Waals surface area contributed by atoms with Gasteiger partial charge in [0.05, 0.1) is 12.6 Å². The molecule has 19 heavy (non-hydrogen) atoms. The Morgan fingerprint density at radius 3 is 2.79 bits per heavy atom. The highest BCUT2D eigenvalue weighted by molar-refractivity contribution is 6.14. The summed E-state index contributed by atoms with van der Waals surface area (Å²) in [6.45, 7) is 0.437. The van der Waals surface area contributed by atoms with Crippen molar-refractivity contribution in [2.45, 2.75) is 18.9 Å². The Bertz CT molecular complexity index is 550. The number of urea groups is 1. The number of imide groups is 2. The highest BCUT2D eigenvalue weighted by Gasteiger charge is 2.38. The van der Waals surface area contributed by atoms with Gasteiger partial charge in [0.15, 0.2) is 0 Å². The number of fused-ring (bicyclic) bond motifs is 1. The summed E-state index contributed by atoms with van der Waals surface area (Å²) in [4.78, 5) is 36.1. The summed E-state index contributed by atoms with van der Waals surface area (Å²) < 4.78 is 5.50. The molecule has 0 aliphatic carbocycles. The summed E-state index contributed by atoms with van der Waals surface area (Å²) in [5.41, 5.74) is 0.798. The summed E-state index contributed by atoms with van der Waals surface area (Å²) in [7, 11) is 0. The van der Waals surface area contributed by atoms with Crippen molar-refractivity contribution in [2.75, 3.05) is 6.61 Å². The Hall–Kier alpha value is -2.37. The standard InChI is InChI=1S/C13H12N2O4/c16-11-7-12(17)15(13(18)14-11)9-5-6-19-10-4-2-1-3-8(9)10/h1-4,9H,5-7H2,(H,14,16,18). The van der Waals surface area contributed by atoms with Crippen LogP contribution >= 0.6 is 0 Å².